The minimum atomic E-state index is 0.428. The second-order valence-electron chi connectivity index (χ2n) is 2.58. The Labute approximate surface area is 96.0 Å². The van der Waals surface area contributed by atoms with Gasteiger partial charge in [0.25, 0.3) is 0 Å². The Morgan fingerprint density at radius 3 is 2.46 bits per heavy atom. The average Bonchev–Trinajstić information content (AvgIpc) is 2.13. The topological polar surface area (TPSA) is 26.0 Å². The standard InChI is InChI=1S/C9H12BrNS2/c1-12-9(13-2)7-5-6(10)3-4-8(7)11/h3-5,9H,11H2,1-2H3. The molecule has 1 aromatic rings. The molecule has 0 fully saturated rings. The smallest absolute Gasteiger partial charge is 0.0766 e. The summed E-state index contributed by atoms with van der Waals surface area (Å²) >= 11 is 7.06. The lowest BCUT2D eigenvalue weighted by Crippen LogP contribution is -1.95. The van der Waals surface area contributed by atoms with Gasteiger partial charge in [0.2, 0.25) is 0 Å². The quantitative estimate of drug-likeness (QED) is 0.673. The predicted octanol–water partition coefficient (Wildman–Crippen LogP) is 3.76. The van der Waals surface area contributed by atoms with Crippen molar-refractivity contribution in [3.05, 3.63) is 28.2 Å². The molecule has 0 heterocycles. The van der Waals surface area contributed by atoms with Gasteiger partial charge in [0.05, 0.1) is 4.58 Å². The van der Waals surface area contributed by atoms with E-state index in [1.807, 2.05) is 35.7 Å². The van der Waals surface area contributed by atoms with E-state index in [9.17, 15) is 0 Å². The van der Waals surface area contributed by atoms with E-state index in [-0.39, 0.29) is 0 Å². The Bertz CT molecular complexity index is 287. The number of hydrogen-bond donors (Lipinski definition) is 1. The third kappa shape index (κ3) is 2.82. The highest BCUT2D eigenvalue weighted by atomic mass is 79.9. The minimum Gasteiger partial charge on any atom is -0.398 e. The van der Waals surface area contributed by atoms with Crippen LogP contribution >= 0.6 is 39.5 Å². The highest BCUT2D eigenvalue weighted by Crippen LogP contribution is 2.39. The van der Waals surface area contributed by atoms with E-state index in [4.69, 9.17) is 5.73 Å². The largest absolute Gasteiger partial charge is 0.398 e. The predicted molar refractivity (Wildman–Crippen MR) is 68.3 cm³/mol. The van der Waals surface area contributed by atoms with E-state index in [1.165, 1.54) is 5.56 Å². The lowest BCUT2D eigenvalue weighted by atomic mass is 10.2. The Hall–Kier alpha value is 0.200. The summed E-state index contributed by atoms with van der Waals surface area (Å²) in [5.41, 5.74) is 7.97. The van der Waals surface area contributed by atoms with Crippen molar-refractivity contribution in [2.75, 3.05) is 18.2 Å². The molecule has 0 aliphatic heterocycles. The molecule has 13 heavy (non-hydrogen) atoms. The maximum atomic E-state index is 5.89. The zero-order valence-electron chi connectivity index (χ0n) is 7.58. The molecule has 0 saturated carbocycles. The SMILES string of the molecule is CSC(SC)c1cc(Br)ccc1N. The van der Waals surface area contributed by atoms with Gasteiger partial charge in [-0.2, -0.15) is 0 Å². The van der Waals surface area contributed by atoms with Crippen LogP contribution < -0.4 is 5.73 Å². The number of nitrogen functional groups attached to an aromatic ring is 1. The summed E-state index contributed by atoms with van der Waals surface area (Å²) in [5, 5.41) is 0. The van der Waals surface area contributed by atoms with Crippen LogP contribution in [0.15, 0.2) is 22.7 Å². The second-order valence-corrected chi connectivity index (χ2v) is 5.68. The second kappa shape index (κ2) is 5.17. The molecule has 0 amide bonds. The van der Waals surface area contributed by atoms with Crippen molar-refractivity contribution in [3.8, 4) is 0 Å². The molecular formula is C9H12BrNS2. The number of rotatable bonds is 3. The van der Waals surface area contributed by atoms with Crippen LogP contribution in [0.1, 0.15) is 10.1 Å². The number of nitrogens with two attached hydrogens (primary N) is 1. The molecule has 1 nitrogen and oxygen atoms in total. The van der Waals surface area contributed by atoms with E-state index >= 15 is 0 Å². The van der Waals surface area contributed by atoms with Crippen LogP contribution in [0.5, 0.6) is 0 Å². The molecule has 2 N–H and O–H groups in total. The molecule has 0 radical (unpaired) electrons. The van der Waals surface area contributed by atoms with Gasteiger partial charge in [-0.1, -0.05) is 15.9 Å². The van der Waals surface area contributed by atoms with Crippen molar-refractivity contribution in [3.63, 3.8) is 0 Å². The van der Waals surface area contributed by atoms with Gasteiger partial charge >= 0.3 is 0 Å². The molecule has 0 aromatic heterocycles. The van der Waals surface area contributed by atoms with Crippen molar-refractivity contribution in [2.24, 2.45) is 0 Å². The molecule has 0 aliphatic rings. The van der Waals surface area contributed by atoms with Gasteiger partial charge in [-0.05, 0) is 36.3 Å². The molecule has 1 aromatic carbocycles. The molecule has 0 saturated heterocycles. The van der Waals surface area contributed by atoms with E-state index < -0.39 is 0 Å². The Balaban J connectivity index is 3.03. The third-order valence-electron chi connectivity index (χ3n) is 1.73. The van der Waals surface area contributed by atoms with Gasteiger partial charge in [0.1, 0.15) is 0 Å². The Kier molecular flexibility index (Phi) is 4.49. The summed E-state index contributed by atoms with van der Waals surface area (Å²) in [7, 11) is 0. The first-order chi connectivity index (χ1) is 6.19. The molecule has 0 spiro atoms. The first kappa shape index (κ1) is 11.3. The van der Waals surface area contributed by atoms with Gasteiger partial charge in [-0.15, -0.1) is 23.5 Å². The van der Waals surface area contributed by atoms with Crippen molar-refractivity contribution in [1.82, 2.24) is 0 Å². The van der Waals surface area contributed by atoms with Crippen LogP contribution in [0.3, 0.4) is 0 Å². The molecule has 0 bridgehead atoms. The van der Waals surface area contributed by atoms with Crippen LogP contribution in [0, 0.1) is 0 Å². The fraction of sp³-hybridized carbons (Fsp3) is 0.333. The van der Waals surface area contributed by atoms with Gasteiger partial charge in [0.15, 0.2) is 0 Å². The van der Waals surface area contributed by atoms with Gasteiger partial charge < -0.3 is 5.73 Å². The number of halogens is 1. The molecule has 72 valence electrons. The minimum absolute atomic E-state index is 0.428. The number of anilines is 1. The molecular weight excluding hydrogens is 266 g/mol. The summed E-state index contributed by atoms with van der Waals surface area (Å²) in [5.74, 6) is 0. The number of thioether (sulfide) groups is 2. The summed E-state index contributed by atoms with van der Waals surface area (Å²) < 4.78 is 1.52. The molecule has 1 rings (SSSR count). The molecule has 0 atom stereocenters. The zero-order chi connectivity index (χ0) is 9.84. The van der Waals surface area contributed by atoms with Gasteiger partial charge in [0, 0.05) is 10.2 Å². The fourth-order valence-electron chi connectivity index (χ4n) is 1.10. The lowest BCUT2D eigenvalue weighted by Gasteiger charge is -2.14. The highest BCUT2D eigenvalue weighted by Gasteiger charge is 2.11. The number of hydrogen-bond acceptors (Lipinski definition) is 3. The molecule has 0 unspecified atom stereocenters. The van der Waals surface area contributed by atoms with Gasteiger partial charge in [-0.25, -0.2) is 0 Å². The van der Waals surface area contributed by atoms with Crippen LogP contribution in [0.2, 0.25) is 0 Å². The number of benzene rings is 1. The summed E-state index contributed by atoms with van der Waals surface area (Å²) in [4.78, 5) is 0. The molecule has 4 heteroatoms. The van der Waals surface area contributed by atoms with Crippen molar-refractivity contribution in [2.45, 2.75) is 4.58 Å². The van der Waals surface area contributed by atoms with Gasteiger partial charge in [-0.3, -0.25) is 0 Å². The lowest BCUT2D eigenvalue weighted by molar-refractivity contribution is 1.37. The van der Waals surface area contributed by atoms with Crippen molar-refractivity contribution >= 4 is 45.1 Å². The normalized spacial score (nSPS) is 10.8. The van der Waals surface area contributed by atoms with Crippen LogP contribution in [-0.4, -0.2) is 12.5 Å². The van der Waals surface area contributed by atoms with E-state index in [0.29, 0.717) is 4.58 Å². The maximum absolute atomic E-state index is 5.89. The first-order valence-electron chi connectivity index (χ1n) is 3.79. The highest BCUT2D eigenvalue weighted by molar-refractivity contribution is 9.10. The van der Waals surface area contributed by atoms with E-state index in [2.05, 4.69) is 34.5 Å². The summed E-state index contributed by atoms with van der Waals surface area (Å²) in [6, 6.07) is 6.00. The van der Waals surface area contributed by atoms with Crippen LogP contribution in [0.4, 0.5) is 5.69 Å². The van der Waals surface area contributed by atoms with Crippen LogP contribution in [-0.2, 0) is 0 Å². The fourth-order valence-corrected chi connectivity index (χ4v) is 3.16. The Morgan fingerprint density at radius 2 is 1.92 bits per heavy atom. The summed E-state index contributed by atoms with van der Waals surface area (Å²) in [6.45, 7) is 0. The van der Waals surface area contributed by atoms with E-state index in [1.54, 1.807) is 0 Å². The van der Waals surface area contributed by atoms with Crippen molar-refractivity contribution < 1.29 is 0 Å². The molecule has 0 aliphatic carbocycles. The van der Waals surface area contributed by atoms with E-state index in [0.717, 1.165) is 10.2 Å². The Morgan fingerprint density at radius 1 is 1.31 bits per heavy atom. The third-order valence-corrected chi connectivity index (χ3v) is 4.74. The zero-order valence-corrected chi connectivity index (χ0v) is 10.8. The maximum Gasteiger partial charge on any atom is 0.0766 e. The summed E-state index contributed by atoms with van der Waals surface area (Å²) in [6.07, 6.45) is 4.20. The first-order valence-corrected chi connectivity index (χ1v) is 7.16. The monoisotopic (exact) mass is 277 g/mol. The average molecular weight is 278 g/mol. The van der Waals surface area contributed by atoms with Crippen molar-refractivity contribution in [1.29, 1.82) is 0 Å². The van der Waals surface area contributed by atoms with Crippen LogP contribution in [0.25, 0.3) is 0 Å².